The number of ether oxygens (including phenoxy) is 1. The van der Waals surface area contributed by atoms with Gasteiger partial charge in [-0.15, -0.1) is 11.3 Å². The number of fused-ring (bicyclic) bond motifs is 3. The Morgan fingerprint density at radius 3 is 2.59 bits per heavy atom. The lowest BCUT2D eigenvalue weighted by atomic mass is 10.2. The second-order valence-electron chi connectivity index (χ2n) is 6.15. The molecule has 0 spiro atoms. The number of carbonyl (C=O) groups excluding carboxylic acids is 1. The van der Waals surface area contributed by atoms with Gasteiger partial charge in [0.25, 0.3) is 11.5 Å². The van der Waals surface area contributed by atoms with Gasteiger partial charge < -0.3 is 14.6 Å². The summed E-state index contributed by atoms with van der Waals surface area (Å²) < 4.78 is 7.87. The van der Waals surface area contributed by atoms with Crippen molar-refractivity contribution in [1.29, 1.82) is 0 Å². The van der Waals surface area contributed by atoms with E-state index in [-0.39, 0.29) is 11.5 Å². The maximum atomic E-state index is 12.7. The number of rotatable bonds is 4. The van der Waals surface area contributed by atoms with Crippen LogP contribution in [-0.4, -0.2) is 17.1 Å². The zero-order valence-electron chi connectivity index (χ0n) is 15.0. The van der Waals surface area contributed by atoms with Crippen molar-refractivity contribution in [1.82, 2.24) is 4.57 Å². The second kappa shape index (κ2) is 6.89. The van der Waals surface area contributed by atoms with Crippen LogP contribution in [0.4, 0.5) is 5.69 Å². The number of nitrogens with zero attached hydrogens (tertiary/aromatic N) is 1. The highest BCUT2D eigenvalue weighted by Crippen LogP contribution is 2.30. The van der Waals surface area contributed by atoms with E-state index in [1.54, 1.807) is 29.8 Å². The molecule has 4 rings (SSSR count). The molecule has 5 nitrogen and oxygen atoms in total. The molecule has 0 unspecified atom stereocenters. The highest BCUT2D eigenvalue weighted by atomic mass is 32.1. The first-order chi connectivity index (χ1) is 13.1. The molecule has 1 N–H and O–H groups in total. The van der Waals surface area contributed by atoms with Crippen LogP contribution in [0.25, 0.3) is 21.0 Å². The Labute approximate surface area is 159 Å². The number of aromatic nitrogens is 1. The molecule has 0 radical (unpaired) electrons. The first-order valence-corrected chi connectivity index (χ1v) is 9.45. The molecule has 27 heavy (non-hydrogen) atoms. The molecule has 0 atom stereocenters. The summed E-state index contributed by atoms with van der Waals surface area (Å²) in [5.41, 5.74) is 1.44. The van der Waals surface area contributed by atoms with Crippen molar-refractivity contribution in [3.05, 3.63) is 69.8 Å². The number of nitrogens with one attached hydrogen (secondary N) is 1. The van der Waals surface area contributed by atoms with Crippen molar-refractivity contribution in [3.63, 3.8) is 0 Å². The Balaban J connectivity index is 1.71. The van der Waals surface area contributed by atoms with Crippen molar-refractivity contribution >= 4 is 43.9 Å². The van der Waals surface area contributed by atoms with Crippen molar-refractivity contribution in [3.8, 4) is 5.75 Å². The van der Waals surface area contributed by atoms with E-state index in [2.05, 4.69) is 5.32 Å². The van der Waals surface area contributed by atoms with Crippen LogP contribution in [0.3, 0.4) is 0 Å². The normalized spacial score (nSPS) is 11.0. The third-order valence-corrected chi connectivity index (χ3v) is 5.59. The number of amides is 1. The number of aryl methyl sites for hydroxylation is 1. The van der Waals surface area contributed by atoms with Crippen molar-refractivity contribution in [2.75, 3.05) is 11.9 Å². The largest absolute Gasteiger partial charge is 0.494 e. The lowest BCUT2D eigenvalue weighted by Crippen LogP contribution is -2.16. The van der Waals surface area contributed by atoms with Gasteiger partial charge in [0.2, 0.25) is 0 Å². The maximum absolute atomic E-state index is 12.7. The summed E-state index contributed by atoms with van der Waals surface area (Å²) in [5.74, 6) is 0.527. The Morgan fingerprint density at radius 2 is 1.85 bits per heavy atom. The number of benzene rings is 2. The van der Waals surface area contributed by atoms with E-state index in [0.29, 0.717) is 22.6 Å². The predicted molar refractivity (Wildman–Crippen MR) is 110 cm³/mol. The Hall–Kier alpha value is -3.12. The molecule has 0 saturated heterocycles. The molecule has 4 aromatic rings. The van der Waals surface area contributed by atoms with E-state index in [1.807, 2.05) is 43.3 Å². The molecule has 0 saturated carbocycles. The van der Waals surface area contributed by atoms with Gasteiger partial charge in [0.1, 0.15) is 5.75 Å². The zero-order valence-corrected chi connectivity index (χ0v) is 15.8. The van der Waals surface area contributed by atoms with Gasteiger partial charge >= 0.3 is 0 Å². The van der Waals surface area contributed by atoms with Crippen molar-refractivity contribution in [2.24, 2.45) is 7.05 Å². The third kappa shape index (κ3) is 3.08. The Bertz CT molecular complexity index is 1210. The molecular formula is C21H18N2O3S. The second-order valence-corrected chi connectivity index (χ2v) is 7.20. The summed E-state index contributed by atoms with van der Waals surface area (Å²) in [6.07, 6.45) is 0. The van der Waals surface area contributed by atoms with Crippen LogP contribution in [0.5, 0.6) is 5.75 Å². The lowest BCUT2D eigenvalue weighted by molar-refractivity contribution is 0.103. The topological polar surface area (TPSA) is 60.3 Å². The number of thiophene rings is 1. The summed E-state index contributed by atoms with van der Waals surface area (Å²) in [5, 5.41) is 4.42. The third-order valence-electron chi connectivity index (χ3n) is 4.42. The molecule has 6 heteroatoms. The smallest absolute Gasteiger partial charge is 0.265 e. The van der Waals surface area contributed by atoms with Crippen LogP contribution in [0, 0.1) is 0 Å². The fourth-order valence-corrected chi connectivity index (χ4v) is 4.18. The van der Waals surface area contributed by atoms with Gasteiger partial charge in [-0.25, -0.2) is 0 Å². The summed E-state index contributed by atoms with van der Waals surface area (Å²) in [6, 6.07) is 16.6. The number of carbonyl (C=O) groups is 1. The molecule has 0 aliphatic heterocycles. The van der Waals surface area contributed by atoms with Gasteiger partial charge in [-0.3, -0.25) is 9.59 Å². The number of para-hydroxylation sites is 1. The van der Waals surface area contributed by atoms with E-state index in [1.165, 1.54) is 11.3 Å². The molecule has 136 valence electrons. The lowest BCUT2D eigenvalue weighted by Gasteiger charge is -2.06. The fraction of sp³-hybridized carbons (Fsp3) is 0.143. The number of hydrogen-bond acceptors (Lipinski definition) is 4. The van der Waals surface area contributed by atoms with Gasteiger partial charge in [0, 0.05) is 22.8 Å². The van der Waals surface area contributed by atoms with Crippen molar-refractivity contribution in [2.45, 2.75) is 6.92 Å². The van der Waals surface area contributed by atoms with Crippen LogP contribution in [-0.2, 0) is 7.05 Å². The van der Waals surface area contributed by atoms with Gasteiger partial charge in [0.05, 0.1) is 22.4 Å². The Morgan fingerprint density at radius 1 is 1.11 bits per heavy atom. The van der Waals surface area contributed by atoms with E-state index in [4.69, 9.17) is 4.74 Å². The predicted octanol–water partition coefficient (Wildman–Crippen LogP) is 4.40. The minimum Gasteiger partial charge on any atom is -0.494 e. The van der Waals surface area contributed by atoms with E-state index in [9.17, 15) is 9.59 Å². The van der Waals surface area contributed by atoms with Crippen LogP contribution < -0.4 is 15.6 Å². The van der Waals surface area contributed by atoms with Gasteiger partial charge in [-0.05, 0) is 43.3 Å². The number of pyridine rings is 1. The first kappa shape index (κ1) is 17.3. The van der Waals surface area contributed by atoms with E-state index >= 15 is 0 Å². The molecule has 2 aromatic carbocycles. The van der Waals surface area contributed by atoms with Crippen LogP contribution in [0.2, 0.25) is 0 Å². The Kier molecular flexibility index (Phi) is 4.41. The quantitative estimate of drug-likeness (QED) is 0.572. The van der Waals surface area contributed by atoms with Crippen LogP contribution >= 0.6 is 11.3 Å². The standard InChI is InChI=1S/C21H18N2O3S/c1-3-26-14-10-8-13(9-11-14)22-20(24)18-12-16-19(27-18)15-6-4-5-7-17(15)23(2)21(16)25/h4-12H,3H2,1-2H3,(H,22,24). The highest BCUT2D eigenvalue weighted by Gasteiger charge is 2.16. The van der Waals surface area contributed by atoms with Crippen LogP contribution in [0.15, 0.2) is 59.4 Å². The summed E-state index contributed by atoms with van der Waals surface area (Å²) in [6.45, 7) is 2.52. The van der Waals surface area contributed by atoms with Crippen LogP contribution in [0.1, 0.15) is 16.6 Å². The molecule has 0 bridgehead atoms. The SMILES string of the molecule is CCOc1ccc(NC(=O)c2cc3c(=O)n(C)c4ccccc4c3s2)cc1. The van der Waals surface area contributed by atoms with E-state index < -0.39 is 0 Å². The summed E-state index contributed by atoms with van der Waals surface area (Å²) in [4.78, 5) is 25.9. The molecule has 2 aromatic heterocycles. The monoisotopic (exact) mass is 378 g/mol. The summed E-state index contributed by atoms with van der Waals surface area (Å²) >= 11 is 1.34. The maximum Gasteiger partial charge on any atom is 0.265 e. The molecular weight excluding hydrogens is 360 g/mol. The molecule has 2 heterocycles. The highest BCUT2D eigenvalue weighted by molar-refractivity contribution is 7.21. The van der Waals surface area contributed by atoms with Gasteiger partial charge in [-0.1, -0.05) is 18.2 Å². The number of anilines is 1. The average Bonchev–Trinajstić information content (AvgIpc) is 3.14. The van der Waals surface area contributed by atoms with Gasteiger partial charge in [-0.2, -0.15) is 0 Å². The average molecular weight is 378 g/mol. The van der Waals surface area contributed by atoms with Crippen molar-refractivity contribution < 1.29 is 9.53 Å². The van der Waals surface area contributed by atoms with E-state index in [0.717, 1.165) is 21.4 Å². The fourth-order valence-electron chi connectivity index (χ4n) is 3.10. The first-order valence-electron chi connectivity index (χ1n) is 8.64. The van der Waals surface area contributed by atoms with Gasteiger partial charge in [0.15, 0.2) is 0 Å². The molecule has 0 fully saturated rings. The summed E-state index contributed by atoms with van der Waals surface area (Å²) in [7, 11) is 1.75. The molecule has 1 amide bonds. The number of hydrogen-bond donors (Lipinski definition) is 1. The minimum absolute atomic E-state index is 0.0972. The minimum atomic E-state index is -0.230. The molecule has 0 aliphatic carbocycles. The molecule has 0 aliphatic rings. The zero-order chi connectivity index (χ0) is 19.0.